The van der Waals surface area contributed by atoms with Crippen LogP contribution in [0.1, 0.15) is 28.7 Å². The van der Waals surface area contributed by atoms with Gasteiger partial charge in [0.05, 0.1) is 11.3 Å². The van der Waals surface area contributed by atoms with Crippen molar-refractivity contribution in [3.8, 4) is 0 Å². The molecule has 0 fully saturated rings. The lowest BCUT2D eigenvalue weighted by molar-refractivity contribution is 0.102. The fourth-order valence-corrected chi connectivity index (χ4v) is 4.26. The van der Waals surface area contributed by atoms with E-state index in [9.17, 15) is 9.59 Å². The van der Waals surface area contributed by atoms with Gasteiger partial charge in [0.25, 0.3) is 5.56 Å². The Balaban J connectivity index is 1.88. The number of H-pyrrole nitrogens is 1. The van der Waals surface area contributed by atoms with Gasteiger partial charge in [0.15, 0.2) is 10.9 Å². The van der Waals surface area contributed by atoms with Crippen LogP contribution in [0.2, 0.25) is 0 Å². The number of aromatic amines is 1. The van der Waals surface area contributed by atoms with E-state index in [0.717, 1.165) is 11.4 Å². The molecule has 5 nitrogen and oxygen atoms in total. The number of thioether (sulfide) groups is 1. The van der Waals surface area contributed by atoms with Gasteiger partial charge in [-0.15, -0.1) is 11.3 Å². The molecule has 3 rings (SSSR count). The molecular formula is C16H17N3O2S2. The SMILES string of the molecule is CCn1c(SCC(=O)c2cc(C)[nH]c2C)nc2ccsc2c1=O. The third-order valence-corrected chi connectivity index (χ3v) is 5.50. The molecule has 0 saturated heterocycles. The quantitative estimate of drug-likeness (QED) is 0.436. The van der Waals surface area contributed by atoms with Crippen LogP contribution >= 0.6 is 23.1 Å². The molecule has 0 atom stereocenters. The number of nitrogens with one attached hydrogen (secondary N) is 1. The van der Waals surface area contributed by atoms with Gasteiger partial charge >= 0.3 is 0 Å². The minimum Gasteiger partial charge on any atom is -0.362 e. The van der Waals surface area contributed by atoms with Gasteiger partial charge in [0.1, 0.15) is 4.70 Å². The molecule has 23 heavy (non-hydrogen) atoms. The fourth-order valence-electron chi connectivity index (χ4n) is 2.53. The Morgan fingerprint density at radius 1 is 1.43 bits per heavy atom. The van der Waals surface area contributed by atoms with E-state index >= 15 is 0 Å². The Morgan fingerprint density at radius 3 is 2.87 bits per heavy atom. The van der Waals surface area contributed by atoms with Crippen molar-refractivity contribution in [3.05, 3.63) is 44.8 Å². The molecule has 0 aliphatic rings. The highest BCUT2D eigenvalue weighted by Gasteiger charge is 2.16. The van der Waals surface area contributed by atoms with Crippen LogP contribution in [-0.2, 0) is 6.54 Å². The molecule has 0 bridgehead atoms. The van der Waals surface area contributed by atoms with Crippen molar-refractivity contribution in [2.75, 3.05) is 5.75 Å². The molecule has 0 aromatic carbocycles. The van der Waals surface area contributed by atoms with E-state index in [1.165, 1.54) is 23.1 Å². The van der Waals surface area contributed by atoms with Crippen LogP contribution in [-0.4, -0.2) is 26.1 Å². The first-order valence-electron chi connectivity index (χ1n) is 7.31. The topological polar surface area (TPSA) is 67.8 Å². The standard InChI is InChI=1S/C16H17N3O2S2/c1-4-19-15(21)14-12(5-6-22-14)18-16(19)23-8-13(20)11-7-9(2)17-10(11)3/h5-7,17H,4,8H2,1-3H3. The van der Waals surface area contributed by atoms with Crippen molar-refractivity contribution in [2.24, 2.45) is 0 Å². The van der Waals surface area contributed by atoms with Crippen molar-refractivity contribution in [2.45, 2.75) is 32.5 Å². The van der Waals surface area contributed by atoms with Gasteiger partial charge < -0.3 is 4.98 Å². The predicted molar refractivity (Wildman–Crippen MR) is 94.9 cm³/mol. The minimum absolute atomic E-state index is 0.0314. The molecular weight excluding hydrogens is 330 g/mol. The summed E-state index contributed by atoms with van der Waals surface area (Å²) >= 11 is 2.72. The van der Waals surface area contributed by atoms with Crippen molar-refractivity contribution in [1.29, 1.82) is 0 Å². The van der Waals surface area contributed by atoms with Gasteiger partial charge in [-0.2, -0.15) is 0 Å². The Hall–Kier alpha value is -1.86. The van der Waals surface area contributed by atoms with E-state index in [0.29, 0.717) is 27.5 Å². The molecule has 0 aliphatic carbocycles. The Labute approximate surface area is 141 Å². The van der Waals surface area contributed by atoms with Crippen LogP contribution in [0.5, 0.6) is 0 Å². The van der Waals surface area contributed by atoms with Crippen LogP contribution in [0.25, 0.3) is 10.2 Å². The van der Waals surface area contributed by atoms with Gasteiger partial charge in [-0.1, -0.05) is 11.8 Å². The zero-order chi connectivity index (χ0) is 16.6. The number of thiophene rings is 1. The predicted octanol–water partition coefficient (Wildman–Crippen LogP) is 3.40. The highest BCUT2D eigenvalue weighted by atomic mass is 32.2. The van der Waals surface area contributed by atoms with Crippen molar-refractivity contribution >= 4 is 39.1 Å². The van der Waals surface area contributed by atoms with Gasteiger partial charge in [0, 0.05) is 23.5 Å². The summed E-state index contributed by atoms with van der Waals surface area (Å²) < 4.78 is 2.30. The van der Waals surface area contributed by atoms with Gasteiger partial charge in [0.2, 0.25) is 0 Å². The number of aromatic nitrogens is 3. The summed E-state index contributed by atoms with van der Waals surface area (Å²) in [5, 5.41) is 2.46. The number of Topliss-reactive ketones (excluding diaryl/α,β-unsaturated/α-hetero) is 1. The summed E-state index contributed by atoms with van der Waals surface area (Å²) in [6.45, 7) is 6.27. The average Bonchev–Trinajstić information content (AvgIpc) is 3.11. The van der Waals surface area contributed by atoms with Gasteiger partial charge in [-0.05, 0) is 38.3 Å². The van der Waals surface area contributed by atoms with Crippen LogP contribution in [0.3, 0.4) is 0 Å². The van der Waals surface area contributed by atoms with E-state index < -0.39 is 0 Å². The fraction of sp³-hybridized carbons (Fsp3) is 0.312. The maximum Gasteiger partial charge on any atom is 0.272 e. The Bertz CT molecular complexity index is 937. The number of hydrogen-bond donors (Lipinski definition) is 1. The number of ketones is 1. The first-order valence-corrected chi connectivity index (χ1v) is 9.18. The van der Waals surface area contributed by atoms with Crippen molar-refractivity contribution < 1.29 is 4.79 Å². The normalized spacial score (nSPS) is 11.3. The average molecular weight is 347 g/mol. The number of fused-ring (bicyclic) bond motifs is 1. The number of nitrogens with zero attached hydrogens (tertiary/aromatic N) is 2. The Morgan fingerprint density at radius 2 is 2.22 bits per heavy atom. The van der Waals surface area contributed by atoms with Gasteiger partial charge in [-0.3, -0.25) is 14.2 Å². The largest absolute Gasteiger partial charge is 0.362 e. The summed E-state index contributed by atoms with van der Waals surface area (Å²) in [6.07, 6.45) is 0. The molecule has 120 valence electrons. The van der Waals surface area contributed by atoms with Crippen molar-refractivity contribution in [3.63, 3.8) is 0 Å². The number of carbonyl (C=O) groups excluding carboxylic acids is 1. The third kappa shape index (κ3) is 2.98. The third-order valence-electron chi connectivity index (χ3n) is 3.63. The smallest absolute Gasteiger partial charge is 0.272 e. The van der Waals surface area contributed by atoms with E-state index in [-0.39, 0.29) is 17.1 Å². The van der Waals surface area contributed by atoms with Crippen LogP contribution < -0.4 is 5.56 Å². The molecule has 0 unspecified atom stereocenters. The van der Waals surface area contributed by atoms with E-state index in [1.54, 1.807) is 4.57 Å². The monoisotopic (exact) mass is 347 g/mol. The summed E-state index contributed by atoms with van der Waals surface area (Å²) in [5.74, 6) is 0.305. The second-order valence-electron chi connectivity index (χ2n) is 5.28. The zero-order valence-corrected chi connectivity index (χ0v) is 14.8. The van der Waals surface area contributed by atoms with Crippen LogP contribution in [0, 0.1) is 13.8 Å². The molecule has 7 heteroatoms. The van der Waals surface area contributed by atoms with E-state index in [4.69, 9.17) is 0 Å². The highest BCUT2D eigenvalue weighted by Crippen LogP contribution is 2.22. The molecule has 3 aromatic heterocycles. The maximum absolute atomic E-state index is 12.4. The number of rotatable bonds is 5. The number of carbonyl (C=O) groups is 1. The lowest BCUT2D eigenvalue weighted by atomic mass is 10.2. The second-order valence-corrected chi connectivity index (χ2v) is 7.14. The lowest BCUT2D eigenvalue weighted by Crippen LogP contribution is -2.22. The zero-order valence-electron chi connectivity index (χ0n) is 13.2. The molecule has 1 N–H and O–H groups in total. The first kappa shape index (κ1) is 16.0. The molecule has 3 heterocycles. The second kappa shape index (κ2) is 6.33. The summed E-state index contributed by atoms with van der Waals surface area (Å²) in [7, 11) is 0. The first-order chi connectivity index (χ1) is 11.0. The van der Waals surface area contributed by atoms with Crippen LogP contribution in [0.15, 0.2) is 27.5 Å². The highest BCUT2D eigenvalue weighted by molar-refractivity contribution is 7.99. The summed E-state index contributed by atoms with van der Waals surface area (Å²) in [6, 6.07) is 3.70. The number of aryl methyl sites for hydroxylation is 2. The molecule has 3 aromatic rings. The van der Waals surface area contributed by atoms with Gasteiger partial charge in [-0.25, -0.2) is 4.98 Å². The lowest BCUT2D eigenvalue weighted by Gasteiger charge is -2.09. The van der Waals surface area contributed by atoms with Crippen molar-refractivity contribution in [1.82, 2.24) is 14.5 Å². The summed E-state index contributed by atoms with van der Waals surface area (Å²) in [5.41, 5.74) is 3.22. The van der Waals surface area contributed by atoms with Crippen LogP contribution in [0.4, 0.5) is 0 Å². The molecule has 0 saturated carbocycles. The van der Waals surface area contributed by atoms with E-state index in [1.807, 2.05) is 38.3 Å². The maximum atomic E-state index is 12.4. The Kier molecular flexibility index (Phi) is 4.41. The molecule has 0 radical (unpaired) electrons. The van der Waals surface area contributed by atoms with E-state index in [2.05, 4.69) is 9.97 Å². The summed E-state index contributed by atoms with van der Waals surface area (Å²) in [4.78, 5) is 32.5. The molecule has 0 amide bonds. The number of hydrogen-bond acceptors (Lipinski definition) is 5. The molecule has 0 aliphatic heterocycles. The molecule has 0 spiro atoms. The minimum atomic E-state index is -0.0314.